The number of hydrogen-bond acceptors (Lipinski definition) is 3. The number of aryl methyl sites for hydroxylation is 2. The first-order valence-corrected chi connectivity index (χ1v) is 6.83. The van der Waals surface area contributed by atoms with E-state index in [1.165, 1.54) is 24.8 Å². The van der Waals surface area contributed by atoms with Crippen molar-refractivity contribution in [3.8, 4) is 6.07 Å². The van der Waals surface area contributed by atoms with Gasteiger partial charge in [-0.2, -0.15) is 10.4 Å². The molecule has 0 radical (unpaired) electrons. The molecule has 0 bridgehead atoms. The zero-order valence-electron chi connectivity index (χ0n) is 11.3. The fourth-order valence-electron chi connectivity index (χ4n) is 2.77. The predicted octanol–water partition coefficient (Wildman–Crippen LogP) is 2.29. The van der Waals surface area contributed by atoms with Gasteiger partial charge in [0.2, 0.25) is 0 Å². The minimum Gasteiger partial charge on any atom is -0.308 e. The Balaban J connectivity index is 1.95. The number of aromatic nitrogens is 2. The lowest BCUT2D eigenvalue weighted by atomic mass is 9.96. The van der Waals surface area contributed by atoms with Crippen LogP contribution in [0.2, 0.25) is 0 Å². The van der Waals surface area contributed by atoms with Gasteiger partial charge in [-0.25, -0.2) is 0 Å². The summed E-state index contributed by atoms with van der Waals surface area (Å²) in [5, 5.41) is 17.1. The van der Waals surface area contributed by atoms with Gasteiger partial charge in [0.25, 0.3) is 0 Å². The van der Waals surface area contributed by atoms with Crippen LogP contribution in [0.3, 0.4) is 0 Å². The molecule has 1 N–H and O–H groups in total. The molecule has 1 heterocycles. The molecule has 1 saturated carbocycles. The monoisotopic (exact) mass is 246 g/mol. The first-order chi connectivity index (χ1) is 8.70. The molecule has 1 fully saturated rings. The van der Waals surface area contributed by atoms with E-state index >= 15 is 0 Å². The molecule has 2 unspecified atom stereocenters. The van der Waals surface area contributed by atoms with Crippen molar-refractivity contribution >= 4 is 0 Å². The van der Waals surface area contributed by atoms with Gasteiger partial charge in [-0.15, -0.1) is 0 Å². The Morgan fingerprint density at radius 1 is 1.44 bits per heavy atom. The van der Waals surface area contributed by atoms with E-state index in [0.29, 0.717) is 6.04 Å². The van der Waals surface area contributed by atoms with E-state index in [2.05, 4.69) is 22.7 Å². The molecule has 4 heteroatoms. The van der Waals surface area contributed by atoms with Gasteiger partial charge >= 0.3 is 0 Å². The van der Waals surface area contributed by atoms with Crippen LogP contribution in [0.15, 0.2) is 6.20 Å². The van der Waals surface area contributed by atoms with Crippen LogP contribution in [0.1, 0.15) is 43.4 Å². The summed E-state index contributed by atoms with van der Waals surface area (Å²) in [5.74, 6) is 0.171. The summed E-state index contributed by atoms with van der Waals surface area (Å²) in [5.41, 5.74) is 2.31. The zero-order valence-corrected chi connectivity index (χ0v) is 11.3. The fourth-order valence-corrected chi connectivity index (χ4v) is 2.77. The van der Waals surface area contributed by atoms with Crippen LogP contribution in [-0.2, 0) is 13.6 Å². The fraction of sp³-hybridized carbons (Fsp3) is 0.714. The van der Waals surface area contributed by atoms with Gasteiger partial charge in [0, 0.05) is 31.4 Å². The van der Waals surface area contributed by atoms with Gasteiger partial charge in [-0.3, -0.25) is 4.68 Å². The van der Waals surface area contributed by atoms with Crippen LogP contribution >= 0.6 is 0 Å². The van der Waals surface area contributed by atoms with E-state index in [-0.39, 0.29) is 5.92 Å². The van der Waals surface area contributed by atoms with Gasteiger partial charge in [-0.05, 0) is 19.8 Å². The molecule has 0 aliphatic heterocycles. The molecule has 0 aromatic carbocycles. The minimum atomic E-state index is 0.171. The summed E-state index contributed by atoms with van der Waals surface area (Å²) < 4.78 is 1.85. The van der Waals surface area contributed by atoms with Gasteiger partial charge < -0.3 is 5.32 Å². The molecule has 18 heavy (non-hydrogen) atoms. The molecule has 0 spiro atoms. The van der Waals surface area contributed by atoms with Crippen molar-refractivity contribution in [2.24, 2.45) is 13.0 Å². The molecule has 0 amide bonds. The number of hydrogen-bond donors (Lipinski definition) is 1. The Morgan fingerprint density at radius 2 is 2.22 bits per heavy atom. The third kappa shape index (κ3) is 3.11. The molecule has 2 atom stereocenters. The number of rotatable bonds is 3. The average Bonchev–Trinajstić information content (AvgIpc) is 2.55. The Labute approximate surface area is 109 Å². The third-order valence-corrected chi connectivity index (χ3v) is 3.85. The van der Waals surface area contributed by atoms with Gasteiger partial charge in [0.15, 0.2) is 0 Å². The molecule has 4 nitrogen and oxygen atoms in total. The normalized spacial score (nSPS) is 24.5. The Hall–Kier alpha value is -1.34. The van der Waals surface area contributed by atoms with E-state index in [1.54, 1.807) is 0 Å². The SMILES string of the molecule is Cc1nn(C)cc1CNC1CCCCCC1C#N. The average molecular weight is 246 g/mol. The first-order valence-electron chi connectivity index (χ1n) is 6.83. The Kier molecular flexibility index (Phi) is 4.38. The second kappa shape index (κ2) is 6.01. The van der Waals surface area contributed by atoms with Crippen molar-refractivity contribution in [3.63, 3.8) is 0 Å². The molecule has 1 aliphatic carbocycles. The van der Waals surface area contributed by atoms with Crippen LogP contribution in [0.25, 0.3) is 0 Å². The number of nitrogens with one attached hydrogen (secondary N) is 1. The largest absolute Gasteiger partial charge is 0.308 e. The third-order valence-electron chi connectivity index (χ3n) is 3.85. The van der Waals surface area contributed by atoms with Gasteiger partial charge in [0.1, 0.15) is 0 Å². The molecule has 1 aliphatic rings. The second-order valence-electron chi connectivity index (χ2n) is 5.27. The van der Waals surface area contributed by atoms with E-state index in [9.17, 15) is 5.26 Å². The van der Waals surface area contributed by atoms with Crippen molar-refractivity contribution in [1.29, 1.82) is 5.26 Å². The minimum absolute atomic E-state index is 0.171. The smallest absolute Gasteiger partial charge is 0.0672 e. The summed E-state index contributed by atoms with van der Waals surface area (Å²) in [6.45, 7) is 2.86. The quantitative estimate of drug-likeness (QED) is 0.833. The highest BCUT2D eigenvalue weighted by molar-refractivity contribution is 5.15. The van der Waals surface area contributed by atoms with E-state index in [1.807, 2.05) is 18.7 Å². The van der Waals surface area contributed by atoms with Crippen molar-refractivity contribution in [1.82, 2.24) is 15.1 Å². The first kappa shape index (κ1) is 13.1. The molecule has 98 valence electrons. The summed E-state index contributed by atoms with van der Waals surface area (Å²) >= 11 is 0. The lowest BCUT2D eigenvalue weighted by Gasteiger charge is -2.20. The summed E-state index contributed by atoms with van der Waals surface area (Å²) in [6, 6.07) is 2.81. The van der Waals surface area contributed by atoms with Gasteiger partial charge in [0.05, 0.1) is 17.7 Å². The van der Waals surface area contributed by atoms with Crippen LogP contribution in [-0.4, -0.2) is 15.8 Å². The van der Waals surface area contributed by atoms with Crippen molar-refractivity contribution in [3.05, 3.63) is 17.5 Å². The lowest BCUT2D eigenvalue weighted by molar-refractivity contribution is 0.393. The highest BCUT2D eigenvalue weighted by atomic mass is 15.2. The maximum atomic E-state index is 9.24. The Bertz CT molecular complexity index is 429. The second-order valence-corrected chi connectivity index (χ2v) is 5.27. The van der Waals surface area contributed by atoms with Crippen LogP contribution in [0, 0.1) is 24.2 Å². The lowest BCUT2D eigenvalue weighted by Crippen LogP contribution is -2.34. The molecular weight excluding hydrogens is 224 g/mol. The van der Waals surface area contributed by atoms with E-state index < -0.39 is 0 Å². The predicted molar refractivity (Wildman–Crippen MR) is 70.8 cm³/mol. The topological polar surface area (TPSA) is 53.6 Å². The van der Waals surface area contributed by atoms with E-state index in [0.717, 1.165) is 25.1 Å². The molecule has 2 rings (SSSR count). The van der Waals surface area contributed by atoms with Gasteiger partial charge in [-0.1, -0.05) is 19.3 Å². The highest BCUT2D eigenvalue weighted by Crippen LogP contribution is 2.23. The van der Waals surface area contributed by atoms with Crippen molar-refractivity contribution in [2.45, 2.75) is 51.6 Å². The summed E-state index contributed by atoms with van der Waals surface area (Å²) in [7, 11) is 1.94. The molecule has 0 saturated heterocycles. The standard InChI is InChI=1S/C14H22N4/c1-11-13(10-18(2)17-11)9-16-14-7-5-3-4-6-12(14)8-15/h10,12,14,16H,3-7,9H2,1-2H3. The number of nitriles is 1. The summed E-state index contributed by atoms with van der Waals surface area (Å²) in [4.78, 5) is 0. The van der Waals surface area contributed by atoms with Crippen molar-refractivity contribution < 1.29 is 0 Å². The maximum absolute atomic E-state index is 9.24. The van der Waals surface area contributed by atoms with Crippen LogP contribution in [0.5, 0.6) is 0 Å². The Morgan fingerprint density at radius 3 is 2.89 bits per heavy atom. The van der Waals surface area contributed by atoms with Crippen LogP contribution in [0.4, 0.5) is 0 Å². The highest BCUT2D eigenvalue weighted by Gasteiger charge is 2.23. The van der Waals surface area contributed by atoms with E-state index in [4.69, 9.17) is 0 Å². The maximum Gasteiger partial charge on any atom is 0.0672 e. The van der Waals surface area contributed by atoms with Crippen molar-refractivity contribution in [2.75, 3.05) is 0 Å². The number of nitrogens with zero attached hydrogens (tertiary/aromatic N) is 3. The molecule has 1 aromatic rings. The molecular formula is C14H22N4. The summed E-state index contributed by atoms with van der Waals surface area (Å²) in [6.07, 6.45) is 7.92. The zero-order chi connectivity index (χ0) is 13.0. The molecule has 1 aromatic heterocycles. The van der Waals surface area contributed by atoms with Crippen LogP contribution < -0.4 is 5.32 Å².